The highest BCUT2D eigenvalue weighted by Crippen LogP contribution is 2.63. The molecule has 0 aromatic carbocycles. The molecule has 0 bridgehead atoms. The first kappa shape index (κ1) is 51.6. The van der Waals surface area contributed by atoms with Crippen molar-refractivity contribution >= 4 is 11.6 Å². The van der Waals surface area contributed by atoms with Crippen molar-refractivity contribution in [2.24, 2.45) is 64.6 Å². The molecule has 370 valence electrons. The van der Waals surface area contributed by atoms with E-state index >= 15 is 4.39 Å². The molecule has 0 aromatic heterocycles. The summed E-state index contributed by atoms with van der Waals surface area (Å²) >= 11 is 6.59. The lowest BCUT2D eigenvalue weighted by molar-refractivity contribution is -0.0732. The van der Waals surface area contributed by atoms with Gasteiger partial charge in [0.25, 0.3) is 0 Å². The zero-order chi connectivity index (χ0) is 45.6. The topological polar surface area (TPSA) is 80.2 Å². The molecule has 0 amide bonds. The molecule has 11 atom stereocenters. The van der Waals surface area contributed by atoms with Crippen LogP contribution in [0.25, 0.3) is 0 Å². The normalized spacial score (nSPS) is 38.5. The van der Waals surface area contributed by atoms with Gasteiger partial charge in [-0.25, -0.2) is 4.39 Å². The first-order valence-corrected chi connectivity index (χ1v) is 28.0. The number of hydrogen-bond acceptors (Lipinski definition) is 6. The average molecular weight is 919 g/mol. The minimum atomic E-state index is -1.33. The zero-order valence-electron chi connectivity index (χ0n) is 41.8. The van der Waals surface area contributed by atoms with E-state index in [9.17, 15) is 10.2 Å². The number of aliphatic hydroxyl groups is 2. The molecule has 0 saturated heterocycles. The van der Waals surface area contributed by atoms with E-state index in [2.05, 4.69) is 26.1 Å². The van der Waals surface area contributed by atoms with Gasteiger partial charge in [0.2, 0.25) is 0 Å². The van der Waals surface area contributed by atoms with Crippen molar-refractivity contribution in [3.05, 3.63) is 12.2 Å². The maximum Gasteiger partial charge on any atom is 0.131 e. The number of rotatable bonds is 23. The van der Waals surface area contributed by atoms with E-state index in [-0.39, 0.29) is 43.0 Å². The van der Waals surface area contributed by atoms with E-state index in [0.29, 0.717) is 76.8 Å². The summed E-state index contributed by atoms with van der Waals surface area (Å²) in [6, 6.07) is 0.00126. The van der Waals surface area contributed by atoms with Crippen LogP contribution < -0.4 is 5.32 Å². The number of nitrogens with one attached hydrogen (secondary N) is 1. The Balaban J connectivity index is 0.903. The molecule has 7 rings (SSSR count). The molecule has 0 aliphatic heterocycles. The van der Waals surface area contributed by atoms with Crippen LogP contribution in [-0.2, 0) is 14.2 Å². The van der Waals surface area contributed by atoms with Crippen molar-refractivity contribution in [2.75, 3.05) is 20.3 Å². The van der Waals surface area contributed by atoms with Gasteiger partial charge in [-0.3, -0.25) is 0 Å². The van der Waals surface area contributed by atoms with Gasteiger partial charge in [-0.15, -0.1) is 11.6 Å². The van der Waals surface area contributed by atoms with Crippen LogP contribution in [0.4, 0.5) is 4.39 Å². The summed E-state index contributed by atoms with van der Waals surface area (Å²) in [6.07, 6.45) is 30.1. The summed E-state index contributed by atoms with van der Waals surface area (Å²) in [6.45, 7) is 16.3. The summed E-state index contributed by atoms with van der Waals surface area (Å²) in [5.74, 6) is 4.84. The molecular formula is C56H97ClFNO5. The lowest BCUT2D eigenvalue weighted by Gasteiger charge is -2.50. The van der Waals surface area contributed by atoms with E-state index in [4.69, 9.17) is 32.4 Å². The maximum absolute atomic E-state index is 15.4. The summed E-state index contributed by atoms with van der Waals surface area (Å²) < 4.78 is 34.7. The standard InChI is InChI=1S/C56H97ClFNO5/c1-8-55(6,58)35-63-53-37(3)49(36(2)50(38(53)4)33-56(28-29-56)45-22-24-46(57)25-23-45)30-40-14-18-42(19-15-40)52(61)32-44(54(62-7)43-20-21-43)34-59-39(5)51(60)31-41-16-26-48(27-17-41)64-47-12-10-9-11-13-47/h36,38-54,59-61H,3,8-35H2,1-2,4-7H3. The van der Waals surface area contributed by atoms with Crippen LogP contribution in [0.2, 0.25) is 0 Å². The highest BCUT2D eigenvalue weighted by Gasteiger charge is 2.54. The van der Waals surface area contributed by atoms with Crippen LogP contribution in [0.15, 0.2) is 12.2 Å². The number of ether oxygens (including phenoxy) is 3. The molecule has 64 heavy (non-hydrogen) atoms. The highest BCUT2D eigenvalue weighted by atomic mass is 35.5. The van der Waals surface area contributed by atoms with Crippen molar-refractivity contribution in [3.8, 4) is 0 Å². The van der Waals surface area contributed by atoms with E-state index in [0.717, 1.165) is 95.9 Å². The fraction of sp³-hybridized carbons (Fsp3) is 0.964. The third-order valence-corrected chi connectivity index (χ3v) is 20.1. The number of hydrogen-bond donors (Lipinski definition) is 3. The van der Waals surface area contributed by atoms with Gasteiger partial charge < -0.3 is 29.7 Å². The molecule has 0 aromatic rings. The Labute approximate surface area is 396 Å². The van der Waals surface area contributed by atoms with Crippen LogP contribution in [0.1, 0.15) is 202 Å². The van der Waals surface area contributed by atoms with Gasteiger partial charge in [0.1, 0.15) is 5.67 Å². The van der Waals surface area contributed by atoms with Crippen molar-refractivity contribution in [2.45, 2.75) is 255 Å². The predicted octanol–water partition coefficient (Wildman–Crippen LogP) is 13.2. The number of halogens is 2. The minimum Gasteiger partial charge on any atom is -0.393 e. The smallest absolute Gasteiger partial charge is 0.131 e. The lowest BCUT2D eigenvalue weighted by Crippen LogP contribution is -2.47. The van der Waals surface area contributed by atoms with Gasteiger partial charge in [-0.1, -0.05) is 59.5 Å². The summed E-state index contributed by atoms with van der Waals surface area (Å²) in [4.78, 5) is 0. The summed E-state index contributed by atoms with van der Waals surface area (Å²) in [5.41, 5.74) is 0.342. The molecule has 7 aliphatic carbocycles. The van der Waals surface area contributed by atoms with Crippen LogP contribution >= 0.6 is 11.6 Å². The molecule has 0 spiro atoms. The van der Waals surface area contributed by atoms with Crippen LogP contribution in [0.5, 0.6) is 0 Å². The maximum atomic E-state index is 15.4. The van der Waals surface area contributed by atoms with Crippen molar-refractivity contribution < 1.29 is 28.8 Å². The molecular weight excluding hydrogens is 821 g/mol. The molecule has 7 aliphatic rings. The van der Waals surface area contributed by atoms with Crippen LogP contribution in [0.3, 0.4) is 0 Å². The Morgan fingerprint density at radius 2 is 1.47 bits per heavy atom. The quantitative estimate of drug-likeness (QED) is 0.0700. The monoisotopic (exact) mass is 918 g/mol. The molecule has 0 heterocycles. The number of alkyl halides is 2. The van der Waals surface area contributed by atoms with Gasteiger partial charge >= 0.3 is 0 Å². The predicted molar refractivity (Wildman–Crippen MR) is 261 cm³/mol. The van der Waals surface area contributed by atoms with E-state index in [1.807, 2.05) is 14.0 Å². The lowest BCUT2D eigenvalue weighted by atomic mass is 9.58. The molecule has 8 heteroatoms. The average Bonchev–Trinajstić information content (AvgIpc) is 4.25. The Kier molecular flexibility index (Phi) is 19.0. The molecule has 6 nitrogen and oxygen atoms in total. The molecule has 3 N–H and O–H groups in total. The van der Waals surface area contributed by atoms with Gasteiger partial charge in [0.05, 0.1) is 43.2 Å². The first-order chi connectivity index (χ1) is 30.7. The minimum absolute atomic E-state index is 0.00126. The second kappa shape index (κ2) is 23.6. The summed E-state index contributed by atoms with van der Waals surface area (Å²) in [7, 11) is 1.86. The first-order valence-electron chi connectivity index (χ1n) is 27.6. The Morgan fingerprint density at radius 1 is 0.844 bits per heavy atom. The molecule has 7 fully saturated rings. The highest BCUT2D eigenvalue weighted by molar-refractivity contribution is 6.20. The fourth-order valence-electron chi connectivity index (χ4n) is 14.5. The molecule has 0 radical (unpaired) electrons. The number of methoxy groups -OCH3 is 1. The third kappa shape index (κ3) is 13.7. The second-order valence-electron chi connectivity index (χ2n) is 24.2. The Bertz CT molecular complexity index is 1390. The molecule has 7 saturated carbocycles. The third-order valence-electron chi connectivity index (χ3n) is 19.6. The Hall–Kier alpha value is -0.280. The van der Waals surface area contributed by atoms with Crippen molar-refractivity contribution in [3.63, 3.8) is 0 Å². The van der Waals surface area contributed by atoms with E-state index < -0.39 is 5.67 Å². The van der Waals surface area contributed by atoms with Gasteiger partial charge in [-0.2, -0.15) is 0 Å². The second-order valence-corrected chi connectivity index (χ2v) is 24.9. The Morgan fingerprint density at radius 3 is 2.08 bits per heavy atom. The van der Waals surface area contributed by atoms with Crippen LogP contribution in [-0.4, -0.2) is 84.2 Å². The largest absolute Gasteiger partial charge is 0.393 e. The van der Waals surface area contributed by atoms with Crippen molar-refractivity contribution in [1.82, 2.24) is 5.32 Å². The van der Waals surface area contributed by atoms with Crippen molar-refractivity contribution in [1.29, 1.82) is 0 Å². The van der Waals surface area contributed by atoms with E-state index in [1.54, 1.807) is 6.92 Å². The van der Waals surface area contributed by atoms with E-state index in [1.165, 1.54) is 82.6 Å². The summed E-state index contributed by atoms with van der Waals surface area (Å²) in [5, 5.41) is 27.5. The molecule has 11 unspecified atom stereocenters. The SMILES string of the molecule is C=C1C(CC2CCC(C(O)CC(CNC(C)C(O)CC3CCC(OC4CCCCC4)CC3)C(OC)C3CC3)CC2)C(C)C(CC2(C3CCC(Cl)CC3)CC2)C(C)C1OCC(C)(F)CC. The van der Waals surface area contributed by atoms with Gasteiger partial charge in [0, 0.05) is 31.0 Å². The van der Waals surface area contributed by atoms with Gasteiger partial charge in [0.15, 0.2) is 0 Å². The van der Waals surface area contributed by atoms with Crippen LogP contribution in [0, 0.1) is 64.6 Å². The number of aliphatic hydroxyl groups excluding tert-OH is 2. The fourth-order valence-corrected chi connectivity index (χ4v) is 14.8. The van der Waals surface area contributed by atoms with Gasteiger partial charge in [-0.05, 0) is 213 Å². The zero-order valence-corrected chi connectivity index (χ0v) is 42.5.